The molecule has 6 heteroatoms. The van der Waals surface area contributed by atoms with Crippen molar-refractivity contribution < 1.29 is 9.53 Å². The summed E-state index contributed by atoms with van der Waals surface area (Å²) >= 11 is 0. The predicted molar refractivity (Wildman–Crippen MR) is 92.9 cm³/mol. The number of hydrogen-bond acceptors (Lipinski definition) is 3. The molecule has 2 amide bonds. The minimum absolute atomic E-state index is 0.0393. The number of hydrogen-bond donors (Lipinski definition) is 1. The number of aryl methyl sites for hydroxylation is 1. The lowest BCUT2D eigenvalue weighted by Crippen LogP contribution is -2.55. The van der Waals surface area contributed by atoms with Gasteiger partial charge in [0.25, 0.3) is 0 Å². The van der Waals surface area contributed by atoms with E-state index in [2.05, 4.69) is 24.3 Å². The van der Waals surface area contributed by atoms with Gasteiger partial charge in [0.1, 0.15) is 0 Å². The second-order valence-corrected chi connectivity index (χ2v) is 7.58. The number of morpholine rings is 1. The lowest BCUT2D eigenvalue weighted by molar-refractivity contribution is -0.0925. The van der Waals surface area contributed by atoms with E-state index in [4.69, 9.17) is 4.74 Å². The molecule has 1 saturated carbocycles. The Kier molecular flexibility index (Phi) is 5.13. The van der Waals surface area contributed by atoms with Gasteiger partial charge in [0.2, 0.25) is 0 Å². The van der Waals surface area contributed by atoms with E-state index in [1.54, 1.807) is 0 Å². The molecule has 1 aliphatic carbocycles. The van der Waals surface area contributed by atoms with Crippen molar-refractivity contribution in [2.24, 2.45) is 13.0 Å². The van der Waals surface area contributed by atoms with E-state index >= 15 is 0 Å². The van der Waals surface area contributed by atoms with Crippen molar-refractivity contribution in [3.8, 4) is 0 Å². The maximum Gasteiger partial charge on any atom is 0.317 e. The van der Waals surface area contributed by atoms with Gasteiger partial charge in [0.15, 0.2) is 0 Å². The van der Waals surface area contributed by atoms with Crippen LogP contribution in [0.15, 0.2) is 12.3 Å². The molecule has 1 saturated heterocycles. The van der Waals surface area contributed by atoms with E-state index in [9.17, 15) is 4.79 Å². The first-order valence-corrected chi connectivity index (χ1v) is 9.15. The van der Waals surface area contributed by atoms with Crippen molar-refractivity contribution in [3.05, 3.63) is 18.0 Å². The lowest BCUT2D eigenvalue weighted by Gasteiger charge is -2.40. The molecule has 1 aromatic heterocycles. The van der Waals surface area contributed by atoms with E-state index in [0.717, 1.165) is 19.4 Å². The molecule has 24 heavy (non-hydrogen) atoms. The monoisotopic (exact) mass is 334 g/mol. The van der Waals surface area contributed by atoms with Gasteiger partial charge in [0.05, 0.1) is 18.8 Å². The Morgan fingerprint density at radius 1 is 1.42 bits per heavy atom. The van der Waals surface area contributed by atoms with E-state index in [1.165, 1.54) is 18.5 Å². The van der Waals surface area contributed by atoms with Gasteiger partial charge in [-0.2, -0.15) is 5.10 Å². The van der Waals surface area contributed by atoms with Gasteiger partial charge in [-0.25, -0.2) is 4.79 Å². The molecular weight excluding hydrogens is 304 g/mol. The van der Waals surface area contributed by atoms with Crippen molar-refractivity contribution in [1.29, 1.82) is 0 Å². The fourth-order valence-corrected chi connectivity index (χ4v) is 4.08. The average Bonchev–Trinajstić information content (AvgIpc) is 3.17. The number of nitrogens with one attached hydrogen (secondary N) is 1. The summed E-state index contributed by atoms with van der Waals surface area (Å²) in [6.07, 6.45) is 6.41. The van der Waals surface area contributed by atoms with Gasteiger partial charge in [-0.3, -0.25) is 4.68 Å². The summed E-state index contributed by atoms with van der Waals surface area (Å²) in [6, 6.07) is 2.08. The van der Waals surface area contributed by atoms with Crippen molar-refractivity contribution in [2.45, 2.75) is 51.0 Å². The zero-order valence-corrected chi connectivity index (χ0v) is 15.1. The highest BCUT2D eigenvalue weighted by atomic mass is 16.5. The van der Waals surface area contributed by atoms with Crippen LogP contribution in [0.2, 0.25) is 0 Å². The number of urea groups is 1. The fourth-order valence-electron chi connectivity index (χ4n) is 4.08. The highest BCUT2D eigenvalue weighted by Gasteiger charge is 2.40. The third-order valence-corrected chi connectivity index (χ3v) is 5.57. The van der Waals surface area contributed by atoms with Crippen LogP contribution in [0.25, 0.3) is 0 Å². The number of carbonyl (C=O) groups is 1. The number of ether oxygens (including phenoxy) is 1. The molecule has 3 rings (SSSR count). The van der Waals surface area contributed by atoms with Gasteiger partial charge >= 0.3 is 6.03 Å². The molecule has 1 aliphatic heterocycles. The molecule has 1 spiro atoms. The smallest absolute Gasteiger partial charge is 0.317 e. The summed E-state index contributed by atoms with van der Waals surface area (Å²) < 4.78 is 7.91. The molecule has 0 radical (unpaired) electrons. The van der Waals surface area contributed by atoms with Crippen molar-refractivity contribution in [3.63, 3.8) is 0 Å². The highest BCUT2D eigenvalue weighted by Crippen LogP contribution is 2.35. The maximum absolute atomic E-state index is 12.7. The summed E-state index contributed by atoms with van der Waals surface area (Å²) in [5, 5.41) is 7.41. The molecule has 0 bridgehead atoms. The van der Waals surface area contributed by atoms with Gasteiger partial charge in [-0.15, -0.1) is 0 Å². The Morgan fingerprint density at radius 3 is 2.79 bits per heavy atom. The molecule has 2 aliphatic rings. The fraction of sp³-hybridized carbons (Fsp3) is 0.778. The van der Waals surface area contributed by atoms with Crippen molar-refractivity contribution in [2.75, 3.05) is 26.2 Å². The Morgan fingerprint density at radius 2 is 2.17 bits per heavy atom. The summed E-state index contributed by atoms with van der Waals surface area (Å²) in [7, 11) is 1.96. The highest BCUT2D eigenvalue weighted by molar-refractivity contribution is 5.74. The summed E-state index contributed by atoms with van der Waals surface area (Å²) in [5.74, 6) is 0.703. The average molecular weight is 334 g/mol. The Bertz CT molecular complexity index is 563. The molecule has 134 valence electrons. The van der Waals surface area contributed by atoms with Crippen molar-refractivity contribution in [1.82, 2.24) is 20.0 Å². The first-order chi connectivity index (χ1) is 11.5. The summed E-state index contributed by atoms with van der Waals surface area (Å²) in [4.78, 5) is 14.6. The minimum Gasteiger partial charge on any atom is -0.371 e. The van der Waals surface area contributed by atoms with Crippen LogP contribution in [0.5, 0.6) is 0 Å². The molecule has 0 aromatic carbocycles. The number of amides is 2. The Hall–Kier alpha value is -1.56. The van der Waals surface area contributed by atoms with Crippen LogP contribution >= 0.6 is 0 Å². The molecule has 2 heterocycles. The van der Waals surface area contributed by atoms with Crippen molar-refractivity contribution >= 4 is 6.03 Å². The zero-order valence-electron chi connectivity index (χ0n) is 15.1. The van der Waals surface area contributed by atoms with E-state index in [0.29, 0.717) is 25.6 Å². The SMILES string of the molecule is CC(C)[C@@H](CNC(=O)N1CCOC2(CCCC2)C1)c1ccnn1C. The quantitative estimate of drug-likeness (QED) is 0.920. The first-order valence-electron chi connectivity index (χ1n) is 9.15. The van der Waals surface area contributed by atoms with Gasteiger partial charge in [-0.1, -0.05) is 26.7 Å². The molecule has 2 fully saturated rings. The van der Waals surface area contributed by atoms with Crippen LogP contribution in [-0.4, -0.2) is 52.6 Å². The summed E-state index contributed by atoms with van der Waals surface area (Å²) in [6.45, 7) is 7.09. The molecule has 1 aromatic rings. The molecular formula is C18H30N4O2. The number of nitrogens with zero attached hydrogens (tertiary/aromatic N) is 3. The summed E-state index contributed by atoms with van der Waals surface area (Å²) in [5.41, 5.74) is 1.09. The first kappa shape index (κ1) is 17.3. The van der Waals surface area contributed by atoms with Gasteiger partial charge in [-0.05, 0) is 24.8 Å². The largest absolute Gasteiger partial charge is 0.371 e. The predicted octanol–water partition coefficient (Wildman–Crippen LogP) is 2.51. The lowest BCUT2D eigenvalue weighted by atomic mass is 9.92. The van der Waals surface area contributed by atoms with E-state index in [1.807, 2.05) is 28.9 Å². The maximum atomic E-state index is 12.7. The van der Waals surface area contributed by atoms with Gasteiger partial charge < -0.3 is 15.0 Å². The van der Waals surface area contributed by atoms with Crippen LogP contribution < -0.4 is 5.32 Å². The van der Waals surface area contributed by atoms with Crippen LogP contribution in [0.1, 0.15) is 51.1 Å². The third-order valence-electron chi connectivity index (χ3n) is 5.57. The number of rotatable bonds is 4. The van der Waals surface area contributed by atoms with Crippen LogP contribution in [0.4, 0.5) is 4.79 Å². The molecule has 0 unspecified atom stereocenters. The number of aromatic nitrogens is 2. The van der Waals surface area contributed by atoms with Crippen LogP contribution in [-0.2, 0) is 11.8 Å². The molecule has 1 atom stereocenters. The number of carbonyl (C=O) groups excluding carboxylic acids is 1. The van der Waals surface area contributed by atoms with Crippen LogP contribution in [0.3, 0.4) is 0 Å². The normalized spacial score (nSPS) is 21.4. The topological polar surface area (TPSA) is 59.4 Å². The second-order valence-electron chi connectivity index (χ2n) is 7.58. The molecule has 6 nitrogen and oxygen atoms in total. The molecule has 1 N–H and O–H groups in total. The van der Waals surface area contributed by atoms with Gasteiger partial charge in [0, 0.05) is 37.9 Å². The Labute approximate surface area is 144 Å². The van der Waals surface area contributed by atoms with E-state index < -0.39 is 0 Å². The minimum atomic E-state index is -0.0743. The van der Waals surface area contributed by atoms with Crippen LogP contribution in [0, 0.1) is 5.92 Å². The Balaban J connectivity index is 1.58. The third kappa shape index (κ3) is 3.58. The standard InChI is InChI=1S/C18H30N4O2/c1-14(2)15(16-6-9-20-21(16)3)12-19-17(23)22-10-11-24-18(13-22)7-4-5-8-18/h6,9,14-15H,4-5,7-8,10-13H2,1-3H3,(H,19,23)/t15-/m1/s1. The second kappa shape index (κ2) is 7.13. The van der Waals surface area contributed by atoms with E-state index in [-0.39, 0.29) is 17.6 Å². The zero-order chi connectivity index (χ0) is 17.2.